The zero-order valence-corrected chi connectivity index (χ0v) is 17.3. The smallest absolute Gasteiger partial charge is 0.193 e. The predicted octanol–water partition coefficient (Wildman–Crippen LogP) is 2.95. The molecule has 28 heavy (non-hydrogen) atoms. The Morgan fingerprint density at radius 2 is 2.21 bits per heavy atom. The van der Waals surface area contributed by atoms with Crippen LogP contribution in [-0.4, -0.2) is 54.3 Å². The average Bonchev–Trinajstić information content (AvgIpc) is 3.24. The lowest BCUT2D eigenvalue weighted by molar-refractivity contribution is 0.189. The summed E-state index contributed by atoms with van der Waals surface area (Å²) in [6.45, 7) is 7.49. The number of nitrogens with zero attached hydrogens (tertiary/aromatic N) is 4. The fraction of sp³-hybridized carbons (Fsp3) is 0.524. The van der Waals surface area contributed by atoms with Crippen molar-refractivity contribution in [3.63, 3.8) is 0 Å². The number of benzene rings is 1. The van der Waals surface area contributed by atoms with Crippen molar-refractivity contribution in [2.75, 3.05) is 33.9 Å². The molecule has 7 nitrogen and oxygen atoms in total. The minimum absolute atomic E-state index is 0.403. The highest BCUT2D eigenvalue weighted by Crippen LogP contribution is 2.29. The minimum atomic E-state index is 0.403. The Morgan fingerprint density at radius 1 is 1.36 bits per heavy atom. The summed E-state index contributed by atoms with van der Waals surface area (Å²) in [7, 11) is 3.50. The third-order valence-corrected chi connectivity index (χ3v) is 5.32. The molecular weight excluding hydrogens is 354 g/mol. The summed E-state index contributed by atoms with van der Waals surface area (Å²) >= 11 is 0. The molecule has 1 N–H and O–H groups in total. The first-order valence-electron chi connectivity index (χ1n) is 9.89. The van der Waals surface area contributed by atoms with Crippen molar-refractivity contribution in [2.45, 2.75) is 32.9 Å². The molecule has 1 aliphatic rings. The van der Waals surface area contributed by atoms with Crippen molar-refractivity contribution in [3.8, 4) is 11.5 Å². The van der Waals surface area contributed by atoms with Gasteiger partial charge >= 0.3 is 0 Å². The van der Waals surface area contributed by atoms with Gasteiger partial charge in [-0.3, -0.25) is 4.99 Å². The predicted molar refractivity (Wildman–Crippen MR) is 111 cm³/mol. The summed E-state index contributed by atoms with van der Waals surface area (Å²) in [4.78, 5) is 11.1. The largest absolute Gasteiger partial charge is 0.493 e. The molecule has 7 heteroatoms. The van der Waals surface area contributed by atoms with Gasteiger partial charge < -0.3 is 24.3 Å². The van der Waals surface area contributed by atoms with E-state index in [0.717, 1.165) is 42.5 Å². The number of methoxy groups -OCH3 is 1. The molecule has 0 spiro atoms. The molecule has 2 atom stereocenters. The Kier molecular flexibility index (Phi) is 6.79. The van der Waals surface area contributed by atoms with Crippen LogP contribution >= 0.6 is 0 Å². The van der Waals surface area contributed by atoms with Crippen LogP contribution in [-0.2, 0) is 6.54 Å². The van der Waals surface area contributed by atoms with E-state index < -0.39 is 0 Å². The molecule has 1 aromatic carbocycles. The van der Waals surface area contributed by atoms with Crippen molar-refractivity contribution >= 4 is 5.96 Å². The summed E-state index contributed by atoms with van der Waals surface area (Å²) in [5, 5.41) is 3.50. The Morgan fingerprint density at radius 3 is 2.89 bits per heavy atom. The monoisotopic (exact) mass is 385 g/mol. The van der Waals surface area contributed by atoms with E-state index in [2.05, 4.69) is 31.7 Å². The average molecular weight is 386 g/mol. The van der Waals surface area contributed by atoms with Crippen molar-refractivity contribution in [1.29, 1.82) is 0 Å². The van der Waals surface area contributed by atoms with E-state index >= 15 is 0 Å². The molecule has 3 rings (SSSR count). The van der Waals surface area contributed by atoms with Gasteiger partial charge in [-0.05, 0) is 37.0 Å². The number of ether oxygens (including phenoxy) is 2. The van der Waals surface area contributed by atoms with Crippen molar-refractivity contribution in [2.24, 2.45) is 10.9 Å². The van der Waals surface area contributed by atoms with Crippen molar-refractivity contribution in [1.82, 2.24) is 19.8 Å². The molecule has 1 aromatic heterocycles. The molecule has 2 unspecified atom stereocenters. The second-order valence-corrected chi connectivity index (χ2v) is 7.11. The van der Waals surface area contributed by atoms with Gasteiger partial charge in [-0.25, -0.2) is 4.98 Å². The Labute approximate surface area is 167 Å². The normalized spacial score (nSPS) is 20.1. The van der Waals surface area contributed by atoms with E-state index in [1.54, 1.807) is 7.11 Å². The van der Waals surface area contributed by atoms with E-state index in [0.29, 0.717) is 25.1 Å². The van der Waals surface area contributed by atoms with Crippen molar-refractivity contribution < 1.29 is 9.47 Å². The summed E-state index contributed by atoms with van der Waals surface area (Å²) in [5.41, 5.74) is 1.13. The van der Waals surface area contributed by atoms with E-state index in [1.165, 1.54) is 0 Å². The van der Waals surface area contributed by atoms with Gasteiger partial charge in [-0.1, -0.05) is 13.0 Å². The molecule has 2 heterocycles. The van der Waals surface area contributed by atoms with Crippen LogP contribution in [0.3, 0.4) is 0 Å². The first-order chi connectivity index (χ1) is 13.7. The highest BCUT2D eigenvalue weighted by Gasteiger charge is 2.28. The van der Waals surface area contributed by atoms with E-state index in [-0.39, 0.29) is 0 Å². The number of nitrogens with one attached hydrogen (secondary N) is 1. The van der Waals surface area contributed by atoms with Gasteiger partial charge in [0.15, 0.2) is 17.5 Å². The topological polar surface area (TPSA) is 63.9 Å². The molecule has 0 bridgehead atoms. The van der Waals surface area contributed by atoms with Crippen LogP contribution in [0.1, 0.15) is 31.9 Å². The molecule has 1 aliphatic heterocycles. The van der Waals surface area contributed by atoms with Gasteiger partial charge in [0.2, 0.25) is 0 Å². The van der Waals surface area contributed by atoms with Crippen LogP contribution in [0.25, 0.3) is 0 Å². The van der Waals surface area contributed by atoms with Gasteiger partial charge in [-0.15, -0.1) is 0 Å². The third kappa shape index (κ3) is 4.58. The maximum absolute atomic E-state index is 5.68. The van der Waals surface area contributed by atoms with E-state index in [4.69, 9.17) is 9.47 Å². The number of likely N-dealkylation sites (tertiary alicyclic amines) is 1. The standard InChI is InChI=1S/C21H31N5O2/c1-5-28-20-12-17(6-7-19(20)27-4)13-24-21(22-3)25-10-8-16(2)18(14-25)26-11-9-23-15-26/h6-7,9,11-12,15-16,18H,5,8,10,13-14H2,1-4H3,(H,22,24). The highest BCUT2D eigenvalue weighted by atomic mass is 16.5. The quantitative estimate of drug-likeness (QED) is 0.612. The number of guanidine groups is 1. The Bertz CT molecular complexity index is 775. The summed E-state index contributed by atoms with van der Waals surface area (Å²) < 4.78 is 13.3. The van der Waals surface area contributed by atoms with Crippen LogP contribution < -0.4 is 14.8 Å². The van der Waals surface area contributed by atoms with Crippen molar-refractivity contribution in [3.05, 3.63) is 42.5 Å². The SMILES string of the molecule is CCOc1cc(CNC(=NC)N2CCC(C)C(n3ccnc3)C2)ccc1OC. The van der Waals surface area contributed by atoms with Crippen LogP contribution in [0.15, 0.2) is 41.9 Å². The Hall–Kier alpha value is -2.70. The summed E-state index contributed by atoms with van der Waals surface area (Å²) in [6.07, 6.45) is 6.93. The van der Waals surface area contributed by atoms with Gasteiger partial charge in [0.25, 0.3) is 0 Å². The molecule has 0 radical (unpaired) electrons. The molecule has 152 valence electrons. The molecule has 1 saturated heterocycles. The van der Waals surface area contributed by atoms with E-state index in [1.807, 2.05) is 50.9 Å². The number of rotatable bonds is 6. The Balaban J connectivity index is 1.65. The second-order valence-electron chi connectivity index (χ2n) is 7.11. The molecule has 2 aromatic rings. The van der Waals surface area contributed by atoms with Crippen LogP contribution in [0.2, 0.25) is 0 Å². The second kappa shape index (κ2) is 9.48. The lowest BCUT2D eigenvalue weighted by atomic mass is 9.93. The van der Waals surface area contributed by atoms with Crippen LogP contribution in [0.4, 0.5) is 0 Å². The van der Waals surface area contributed by atoms with Gasteiger partial charge in [0, 0.05) is 39.1 Å². The maximum atomic E-state index is 5.68. The number of hydrogen-bond donors (Lipinski definition) is 1. The van der Waals surface area contributed by atoms with Gasteiger partial charge in [0.05, 0.1) is 26.1 Å². The molecule has 0 saturated carbocycles. The van der Waals surface area contributed by atoms with Crippen LogP contribution in [0, 0.1) is 5.92 Å². The molecule has 0 aliphatic carbocycles. The highest BCUT2D eigenvalue weighted by molar-refractivity contribution is 5.80. The van der Waals surface area contributed by atoms with Gasteiger partial charge in [-0.2, -0.15) is 0 Å². The maximum Gasteiger partial charge on any atom is 0.193 e. The molecular formula is C21H31N5O2. The molecule has 0 amide bonds. The zero-order valence-electron chi connectivity index (χ0n) is 17.3. The first-order valence-corrected chi connectivity index (χ1v) is 9.89. The fourth-order valence-electron chi connectivity index (χ4n) is 3.71. The fourth-order valence-corrected chi connectivity index (χ4v) is 3.71. The summed E-state index contributed by atoms with van der Waals surface area (Å²) in [5.74, 6) is 3.05. The molecule has 1 fully saturated rings. The number of imidazole rings is 1. The minimum Gasteiger partial charge on any atom is -0.493 e. The number of piperidine rings is 1. The lowest BCUT2D eigenvalue weighted by Gasteiger charge is -2.39. The zero-order chi connectivity index (χ0) is 19.9. The number of aliphatic imine (C=N–C) groups is 1. The third-order valence-electron chi connectivity index (χ3n) is 5.32. The van der Waals surface area contributed by atoms with Gasteiger partial charge in [0.1, 0.15) is 0 Å². The lowest BCUT2D eigenvalue weighted by Crippen LogP contribution is -2.48. The van der Waals surface area contributed by atoms with E-state index in [9.17, 15) is 0 Å². The first kappa shape index (κ1) is 20.0. The summed E-state index contributed by atoms with van der Waals surface area (Å²) in [6, 6.07) is 6.42. The van der Waals surface area contributed by atoms with Crippen LogP contribution in [0.5, 0.6) is 11.5 Å². The number of aromatic nitrogens is 2. The number of hydrogen-bond acceptors (Lipinski definition) is 4.